The number of ether oxygens (including phenoxy) is 1. The van der Waals surface area contributed by atoms with Crippen LogP contribution in [0, 0.1) is 5.92 Å². The molecule has 1 heterocycles. The number of esters is 1. The molecule has 3 unspecified atom stereocenters. The lowest BCUT2D eigenvalue weighted by molar-refractivity contribution is -0.140. The molecule has 0 radical (unpaired) electrons. The normalized spacial score (nSPS) is 31.2. The van der Waals surface area contributed by atoms with Gasteiger partial charge < -0.3 is 9.84 Å². The molecule has 122 valence electrons. The van der Waals surface area contributed by atoms with Crippen LogP contribution in [0.3, 0.4) is 0 Å². The Hall–Kier alpha value is -0.660. The number of sulfonamides is 1. The number of piperidine rings is 1. The van der Waals surface area contributed by atoms with Crippen molar-refractivity contribution in [3.63, 3.8) is 0 Å². The number of rotatable bonds is 5. The van der Waals surface area contributed by atoms with Crippen LogP contribution in [0.2, 0.25) is 0 Å². The van der Waals surface area contributed by atoms with E-state index in [4.69, 9.17) is 0 Å². The lowest BCUT2D eigenvalue weighted by Gasteiger charge is -2.39. The van der Waals surface area contributed by atoms with Crippen molar-refractivity contribution in [2.45, 2.75) is 57.1 Å². The molecule has 1 saturated heterocycles. The molecule has 0 amide bonds. The summed E-state index contributed by atoms with van der Waals surface area (Å²) in [5.41, 5.74) is 0. The maximum atomic E-state index is 12.5. The predicted octanol–water partition coefficient (Wildman–Crippen LogP) is 0.895. The van der Waals surface area contributed by atoms with E-state index in [1.165, 1.54) is 7.11 Å². The average molecular weight is 319 g/mol. The van der Waals surface area contributed by atoms with Crippen LogP contribution in [0.5, 0.6) is 0 Å². The first kappa shape index (κ1) is 16.7. The van der Waals surface area contributed by atoms with E-state index in [1.54, 1.807) is 4.31 Å². The number of carbonyl (C=O) groups is 1. The molecular weight excluding hydrogens is 294 g/mol. The van der Waals surface area contributed by atoms with Gasteiger partial charge in [0.05, 0.1) is 25.4 Å². The highest BCUT2D eigenvalue weighted by Gasteiger charge is 2.41. The van der Waals surface area contributed by atoms with Crippen LogP contribution in [-0.4, -0.2) is 55.4 Å². The summed E-state index contributed by atoms with van der Waals surface area (Å²) >= 11 is 0. The van der Waals surface area contributed by atoms with Gasteiger partial charge in [0.2, 0.25) is 10.0 Å². The Bertz CT molecular complexity index is 464. The van der Waals surface area contributed by atoms with E-state index in [2.05, 4.69) is 4.74 Å². The minimum atomic E-state index is -3.48. The lowest BCUT2D eigenvalue weighted by atomic mass is 9.89. The molecular formula is C14H25NO5S. The van der Waals surface area contributed by atoms with E-state index in [0.29, 0.717) is 6.54 Å². The third-order valence-electron chi connectivity index (χ3n) is 4.67. The third-order valence-corrected chi connectivity index (χ3v) is 6.56. The van der Waals surface area contributed by atoms with Gasteiger partial charge in [-0.1, -0.05) is 12.8 Å². The Morgan fingerprint density at radius 3 is 2.62 bits per heavy atom. The summed E-state index contributed by atoms with van der Waals surface area (Å²) in [6.07, 6.45) is 4.73. The molecule has 3 atom stereocenters. The van der Waals surface area contributed by atoms with Crippen molar-refractivity contribution in [3.05, 3.63) is 0 Å². The molecule has 2 fully saturated rings. The number of hydrogen-bond acceptors (Lipinski definition) is 5. The topological polar surface area (TPSA) is 83.9 Å². The lowest BCUT2D eigenvalue weighted by Crippen LogP contribution is -2.50. The fourth-order valence-corrected chi connectivity index (χ4v) is 5.29. The molecule has 2 aliphatic rings. The molecule has 0 aromatic carbocycles. The number of hydrogen-bond donors (Lipinski definition) is 1. The SMILES string of the molecule is COC(=O)CCS(=O)(=O)N1CCCCC1C1CCCC1O. The summed E-state index contributed by atoms with van der Waals surface area (Å²) in [7, 11) is -2.22. The first-order valence-electron chi connectivity index (χ1n) is 7.70. The second-order valence-electron chi connectivity index (χ2n) is 5.98. The number of aliphatic hydroxyl groups is 1. The fraction of sp³-hybridized carbons (Fsp3) is 0.929. The van der Waals surface area contributed by atoms with Gasteiger partial charge in [-0.2, -0.15) is 4.31 Å². The van der Waals surface area contributed by atoms with Crippen molar-refractivity contribution in [2.75, 3.05) is 19.4 Å². The summed E-state index contributed by atoms with van der Waals surface area (Å²) in [5.74, 6) is -0.676. The Morgan fingerprint density at radius 1 is 1.24 bits per heavy atom. The fourth-order valence-electron chi connectivity index (χ4n) is 3.55. The highest BCUT2D eigenvalue weighted by molar-refractivity contribution is 7.89. The van der Waals surface area contributed by atoms with Crippen molar-refractivity contribution >= 4 is 16.0 Å². The van der Waals surface area contributed by atoms with E-state index < -0.39 is 22.1 Å². The zero-order valence-corrected chi connectivity index (χ0v) is 13.3. The minimum absolute atomic E-state index is 0.0400. The van der Waals surface area contributed by atoms with Crippen LogP contribution in [0.1, 0.15) is 44.9 Å². The zero-order chi connectivity index (χ0) is 15.5. The maximum Gasteiger partial charge on any atom is 0.306 e. The second-order valence-corrected chi connectivity index (χ2v) is 8.02. The molecule has 21 heavy (non-hydrogen) atoms. The van der Waals surface area contributed by atoms with Crippen LogP contribution < -0.4 is 0 Å². The summed E-state index contributed by atoms with van der Waals surface area (Å²) in [6.45, 7) is 0.497. The standard InChI is InChI=1S/C14H25NO5S/c1-20-14(17)8-10-21(18,19)15-9-3-2-6-12(15)11-5-4-7-13(11)16/h11-13,16H,2-10H2,1H3. The van der Waals surface area contributed by atoms with Gasteiger partial charge in [-0.25, -0.2) is 8.42 Å². The van der Waals surface area contributed by atoms with Crippen LogP contribution >= 0.6 is 0 Å². The van der Waals surface area contributed by atoms with Gasteiger partial charge >= 0.3 is 5.97 Å². The summed E-state index contributed by atoms with van der Waals surface area (Å²) in [4.78, 5) is 11.2. The summed E-state index contributed by atoms with van der Waals surface area (Å²) in [5, 5.41) is 10.1. The molecule has 1 N–H and O–H groups in total. The smallest absolute Gasteiger partial charge is 0.306 e. The van der Waals surface area contributed by atoms with Gasteiger partial charge in [0.25, 0.3) is 0 Å². The maximum absolute atomic E-state index is 12.5. The van der Waals surface area contributed by atoms with Gasteiger partial charge in [-0.05, 0) is 25.7 Å². The molecule has 1 aliphatic heterocycles. The van der Waals surface area contributed by atoms with E-state index in [0.717, 1.165) is 38.5 Å². The Labute approximate surface area is 126 Å². The highest BCUT2D eigenvalue weighted by atomic mass is 32.2. The predicted molar refractivity (Wildman–Crippen MR) is 78.1 cm³/mol. The van der Waals surface area contributed by atoms with Gasteiger partial charge in [-0.3, -0.25) is 4.79 Å². The molecule has 0 aromatic rings. The summed E-state index contributed by atoms with van der Waals surface area (Å²) < 4.78 is 31.1. The number of aliphatic hydroxyl groups excluding tert-OH is 1. The number of carbonyl (C=O) groups excluding carboxylic acids is 1. The molecule has 1 aliphatic carbocycles. The van der Waals surface area contributed by atoms with Gasteiger partial charge in [0, 0.05) is 18.5 Å². The average Bonchev–Trinajstić information content (AvgIpc) is 2.91. The van der Waals surface area contributed by atoms with Crippen molar-refractivity contribution in [1.29, 1.82) is 0 Å². The monoisotopic (exact) mass is 319 g/mol. The molecule has 1 saturated carbocycles. The zero-order valence-electron chi connectivity index (χ0n) is 12.5. The van der Waals surface area contributed by atoms with Crippen LogP contribution in [-0.2, 0) is 19.6 Å². The third kappa shape index (κ3) is 3.96. The van der Waals surface area contributed by atoms with Crippen LogP contribution in [0.25, 0.3) is 0 Å². The second kappa shape index (κ2) is 7.07. The van der Waals surface area contributed by atoms with Gasteiger partial charge in [0.15, 0.2) is 0 Å². The number of nitrogens with zero attached hydrogens (tertiary/aromatic N) is 1. The molecule has 7 heteroatoms. The molecule has 0 bridgehead atoms. The van der Waals surface area contributed by atoms with Crippen LogP contribution in [0.4, 0.5) is 0 Å². The van der Waals surface area contributed by atoms with Crippen molar-refractivity contribution < 1.29 is 23.1 Å². The number of methoxy groups -OCH3 is 1. The van der Waals surface area contributed by atoms with Gasteiger partial charge in [-0.15, -0.1) is 0 Å². The van der Waals surface area contributed by atoms with Crippen molar-refractivity contribution in [3.8, 4) is 0 Å². The van der Waals surface area contributed by atoms with E-state index in [-0.39, 0.29) is 24.1 Å². The highest BCUT2D eigenvalue weighted by Crippen LogP contribution is 2.36. The van der Waals surface area contributed by atoms with Crippen molar-refractivity contribution in [2.24, 2.45) is 5.92 Å². The molecule has 6 nitrogen and oxygen atoms in total. The Morgan fingerprint density at radius 2 is 2.00 bits per heavy atom. The first-order chi connectivity index (χ1) is 9.95. The van der Waals surface area contributed by atoms with Crippen molar-refractivity contribution in [1.82, 2.24) is 4.31 Å². The molecule has 0 spiro atoms. The summed E-state index contributed by atoms with van der Waals surface area (Å²) in [6, 6.07) is -0.112. The van der Waals surface area contributed by atoms with E-state index in [9.17, 15) is 18.3 Å². The molecule has 2 rings (SSSR count). The van der Waals surface area contributed by atoms with E-state index in [1.807, 2.05) is 0 Å². The van der Waals surface area contributed by atoms with E-state index >= 15 is 0 Å². The Kier molecular flexibility index (Phi) is 5.62. The van der Waals surface area contributed by atoms with Crippen LogP contribution in [0.15, 0.2) is 0 Å². The first-order valence-corrected chi connectivity index (χ1v) is 9.31. The quantitative estimate of drug-likeness (QED) is 0.761. The Balaban J connectivity index is 2.08. The largest absolute Gasteiger partial charge is 0.469 e. The van der Waals surface area contributed by atoms with Gasteiger partial charge in [0.1, 0.15) is 0 Å². The molecule has 0 aromatic heterocycles. The minimum Gasteiger partial charge on any atom is -0.469 e.